The summed E-state index contributed by atoms with van der Waals surface area (Å²) in [6.07, 6.45) is 4.45. The molecule has 5 rings (SSSR count). The lowest BCUT2D eigenvalue weighted by Gasteiger charge is -2.35. The fourth-order valence-corrected chi connectivity index (χ4v) is 4.65. The maximum Gasteiger partial charge on any atom is 0.319 e. The highest BCUT2D eigenvalue weighted by atomic mass is 35.5. The van der Waals surface area contributed by atoms with Gasteiger partial charge in [-0.05, 0) is 31.2 Å². The number of carbonyl (C=O) groups is 1. The second-order valence-electron chi connectivity index (χ2n) is 8.85. The van der Waals surface area contributed by atoms with E-state index in [1.165, 1.54) is 24.3 Å². The molecular weight excluding hydrogens is 530 g/mol. The van der Waals surface area contributed by atoms with E-state index in [1.54, 1.807) is 24.2 Å². The van der Waals surface area contributed by atoms with Gasteiger partial charge >= 0.3 is 6.01 Å². The lowest BCUT2D eigenvalue weighted by atomic mass is 10.0. The first-order chi connectivity index (χ1) is 18.8. The highest BCUT2D eigenvalue weighted by Crippen LogP contribution is 2.42. The predicted molar refractivity (Wildman–Crippen MR) is 142 cm³/mol. The number of halogens is 3. The minimum atomic E-state index is -0.939. The molecule has 1 amide bonds. The SMILES string of the molecule is C=CC(=O)N1CCN(c2nc(OCc3cnc(C)nc3)nc3c(F)c(-c4c(O)cccc4F)c(Cl)cc23)CC1. The van der Waals surface area contributed by atoms with Crippen LogP contribution in [0.4, 0.5) is 14.6 Å². The van der Waals surface area contributed by atoms with E-state index < -0.39 is 17.4 Å². The Morgan fingerprint density at radius 3 is 2.54 bits per heavy atom. The molecule has 0 unspecified atom stereocenters. The summed E-state index contributed by atoms with van der Waals surface area (Å²) in [5.41, 5.74) is -0.223. The van der Waals surface area contributed by atoms with Gasteiger partial charge in [-0.1, -0.05) is 24.2 Å². The quantitative estimate of drug-likeness (QED) is 0.350. The third-order valence-corrected chi connectivity index (χ3v) is 6.65. The Morgan fingerprint density at radius 1 is 1.15 bits per heavy atom. The van der Waals surface area contributed by atoms with Gasteiger partial charge in [0, 0.05) is 55.1 Å². The number of phenolic OH excluding ortho intramolecular Hbond substituents is 1. The van der Waals surface area contributed by atoms with E-state index in [2.05, 4.69) is 26.5 Å². The molecular formula is C27H23ClF2N6O3. The highest BCUT2D eigenvalue weighted by molar-refractivity contribution is 6.34. The molecule has 2 aromatic heterocycles. The molecule has 3 heterocycles. The molecule has 0 bridgehead atoms. The van der Waals surface area contributed by atoms with Crippen molar-refractivity contribution in [3.05, 3.63) is 77.4 Å². The number of ether oxygens (including phenoxy) is 1. The molecule has 39 heavy (non-hydrogen) atoms. The van der Waals surface area contributed by atoms with Crippen molar-refractivity contribution in [3.63, 3.8) is 0 Å². The average molecular weight is 553 g/mol. The molecule has 12 heteroatoms. The Bertz CT molecular complexity index is 1560. The molecule has 4 aromatic rings. The summed E-state index contributed by atoms with van der Waals surface area (Å²) in [5.74, 6) is -1.50. The molecule has 200 valence electrons. The first-order valence-electron chi connectivity index (χ1n) is 12.0. The van der Waals surface area contributed by atoms with Crippen LogP contribution in [0.1, 0.15) is 11.4 Å². The number of hydrogen-bond acceptors (Lipinski definition) is 8. The van der Waals surface area contributed by atoms with E-state index in [-0.39, 0.29) is 45.6 Å². The number of carbonyl (C=O) groups excluding carboxylic acids is 1. The van der Waals surface area contributed by atoms with Gasteiger partial charge in [0.2, 0.25) is 5.91 Å². The van der Waals surface area contributed by atoms with Crippen molar-refractivity contribution in [1.29, 1.82) is 0 Å². The largest absolute Gasteiger partial charge is 0.507 e. The Hall–Kier alpha value is -4.38. The van der Waals surface area contributed by atoms with E-state index in [0.29, 0.717) is 43.4 Å². The van der Waals surface area contributed by atoms with Crippen molar-refractivity contribution in [2.24, 2.45) is 0 Å². The molecule has 0 aliphatic carbocycles. The molecule has 1 aliphatic heterocycles. The van der Waals surface area contributed by atoms with Crippen LogP contribution in [0.15, 0.2) is 49.3 Å². The number of nitrogens with zero attached hydrogens (tertiary/aromatic N) is 6. The molecule has 1 saturated heterocycles. The normalized spacial score (nSPS) is 13.5. The van der Waals surface area contributed by atoms with Crippen LogP contribution in [0.5, 0.6) is 11.8 Å². The van der Waals surface area contributed by atoms with Crippen molar-refractivity contribution in [1.82, 2.24) is 24.8 Å². The number of benzene rings is 2. The second-order valence-corrected chi connectivity index (χ2v) is 9.26. The van der Waals surface area contributed by atoms with Crippen LogP contribution >= 0.6 is 11.6 Å². The minimum Gasteiger partial charge on any atom is -0.507 e. The van der Waals surface area contributed by atoms with Crippen LogP contribution in [-0.4, -0.2) is 62.0 Å². The van der Waals surface area contributed by atoms with Gasteiger partial charge < -0.3 is 19.6 Å². The molecule has 2 aromatic carbocycles. The molecule has 0 saturated carbocycles. The molecule has 0 radical (unpaired) electrons. The Morgan fingerprint density at radius 2 is 1.87 bits per heavy atom. The summed E-state index contributed by atoms with van der Waals surface area (Å²) in [6, 6.07) is 4.95. The van der Waals surface area contributed by atoms with Gasteiger partial charge in [0.15, 0.2) is 5.82 Å². The second kappa shape index (κ2) is 10.8. The molecule has 0 atom stereocenters. The first-order valence-corrected chi connectivity index (χ1v) is 12.4. The van der Waals surface area contributed by atoms with E-state index >= 15 is 4.39 Å². The number of aromatic nitrogens is 4. The molecule has 0 spiro atoms. The standard InChI is InChI=1S/C27H23ClF2N6O3/c1-3-21(38)35-7-9-36(10-8-35)26-17-11-18(28)22(23-19(29)5-4-6-20(23)37)24(30)25(17)33-27(34-26)39-14-16-12-31-15(2)32-13-16/h3-6,11-13,37H,1,7-10,14H2,2H3. The van der Waals surface area contributed by atoms with Gasteiger partial charge in [-0.3, -0.25) is 4.79 Å². The van der Waals surface area contributed by atoms with Crippen molar-refractivity contribution in [3.8, 4) is 22.9 Å². The van der Waals surface area contributed by atoms with Gasteiger partial charge in [0.05, 0.1) is 10.6 Å². The lowest BCUT2D eigenvalue weighted by Crippen LogP contribution is -2.48. The smallest absolute Gasteiger partial charge is 0.319 e. The van der Waals surface area contributed by atoms with Crippen LogP contribution in [0, 0.1) is 18.6 Å². The van der Waals surface area contributed by atoms with Crippen molar-refractivity contribution in [2.75, 3.05) is 31.1 Å². The lowest BCUT2D eigenvalue weighted by molar-refractivity contribution is -0.126. The third-order valence-electron chi connectivity index (χ3n) is 6.35. The zero-order chi connectivity index (χ0) is 27.7. The van der Waals surface area contributed by atoms with Crippen LogP contribution in [-0.2, 0) is 11.4 Å². The highest BCUT2D eigenvalue weighted by Gasteiger charge is 2.27. The molecule has 1 fully saturated rings. The van der Waals surface area contributed by atoms with Crippen LogP contribution < -0.4 is 9.64 Å². The van der Waals surface area contributed by atoms with Crippen LogP contribution in [0.25, 0.3) is 22.0 Å². The van der Waals surface area contributed by atoms with E-state index in [0.717, 1.165) is 6.07 Å². The average Bonchev–Trinajstić information content (AvgIpc) is 2.94. The maximum atomic E-state index is 16.1. The Labute approximate surface area is 227 Å². The topological polar surface area (TPSA) is 105 Å². The fourth-order valence-electron chi connectivity index (χ4n) is 4.36. The summed E-state index contributed by atoms with van der Waals surface area (Å²) < 4.78 is 36.6. The number of rotatable bonds is 6. The van der Waals surface area contributed by atoms with Gasteiger partial charge in [-0.2, -0.15) is 9.97 Å². The van der Waals surface area contributed by atoms with E-state index in [4.69, 9.17) is 16.3 Å². The zero-order valence-corrected chi connectivity index (χ0v) is 21.6. The molecule has 1 aliphatic rings. The monoisotopic (exact) mass is 552 g/mol. The first kappa shape index (κ1) is 26.2. The Kier molecular flexibility index (Phi) is 7.25. The maximum absolute atomic E-state index is 16.1. The van der Waals surface area contributed by atoms with Gasteiger partial charge in [-0.25, -0.2) is 18.7 Å². The number of aromatic hydroxyl groups is 1. The number of piperazine rings is 1. The van der Waals surface area contributed by atoms with E-state index in [1.807, 2.05) is 4.90 Å². The van der Waals surface area contributed by atoms with Crippen molar-refractivity contribution < 1.29 is 23.4 Å². The number of fused-ring (bicyclic) bond motifs is 1. The fraction of sp³-hybridized carbons (Fsp3) is 0.222. The zero-order valence-electron chi connectivity index (χ0n) is 20.9. The number of anilines is 1. The summed E-state index contributed by atoms with van der Waals surface area (Å²) >= 11 is 6.47. The number of phenols is 1. The van der Waals surface area contributed by atoms with Crippen molar-refractivity contribution >= 4 is 34.2 Å². The number of aryl methyl sites for hydroxylation is 1. The summed E-state index contributed by atoms with van der Waals surface area (Å²) in [7, 11) is 0. The molecule has 1 N–H and O–H groups in total. The number of amides is 1. The van der Waals surface area contributed by atoms with Gasteiger partial charge in [0.1, 0.15) is 35.3 Å². The summed E-state index contributed by atoms with van der Waals surface area (Å²) in [6.45, 7) is 6.88. The van der Waals surface area contributed by atoms with Gasteiger partial charge in [0.25, 0.3) is 0 Å². The third kappa shape index (κ3) is 5.17. The van der Waals surface area contributed by atoms with E-state index in [9.17, 15) is 14.3 Å². The van der Waals surface area contributed by atoms with Crippen molar-refractivity contribution in [2.45, 2.75) is 13.5 Å². The van der Waals surface area contributed by atoms with Crippen LogP contribution in [0.3, 0.4) is 0 Å². The summed E-state index contributed by atoms with van der Waals surface area (Å²) in [4.78, 5) is 32.7. The van der Waals surface area contributed by atoms with Gasteiger partial charge in [-0.15, -0.1) is 0 Å². The minimum absolute atomic E-state index is 0.0169. The summed E-state index contributed by atoms with van der Waals surface area (Å²) in [5, 5.41) is 10.5. The van der Waals surface area contributed by atoms with Crippen LogP contribution in [0.2, 0.25) is 5.02 Å². The predicted octanol–water partition coefficient (Wildman–Crippen LogP) is 4.45. The molecule has 9 nitrogen and oxygen atoms in total. The Balaban J connectivity index is 1.61. The number of hydrogen-bond donors (Lipinski definition) is 1.